The van der Waals surface area contributed by atoms with Gasteiger partial charge in [-0.25, -0.2) is 9.78 Å². The summed E-state index contributed by atoms with van der Waals surface area (Å²) >= 11 is 1.33. The van der Waals surface area contributed by atoms with E-state index >= 15 is 0 Å². The Labute approximate surface area is 177 Å². The molecule has 0 saturated heterocycles. The van der Waals surface area contributed by atoms with Crippen LogP contribution in [0.1, 0.15) is 61.0 Å². The number of hydrogen-bond donors (Lipinski definition) is 3. The van der Waals surface area contributed by atoms with E-state index in [4.69, 9.17) is 4.74 Å². The summed E-state index contributed by atoms with van der Waals surface area (Å²) < 4.78 is 5.06. The van der Waals surface area contributed by atoms with Crippen LogP contribution in [0.4, 0.5) is 0 Å². The Hall–Kier alpha value is -0.940. The van der Waals surface area contributed by atoms with Crippen molar-refractivity contribution in [2.75, 3.05) is 26.3 Å². The molecule has 1 rings (SSSR count). The summed E-state index contributed by atoms with van der Waals surface area (Å²) in [5.41, 5.74) is 0.399. The average Bonchev–Trinajstić information content (AvgIpc) is 2.95. The number of aliphatic hydroxyl groups excluding tert-OH is 1. The van der Waals surface area contributed by atoms with Crippen LogP contribution in [0.2, 0.25) is 0 Å². The maximum Gasteiger partial charge on any atom is 0.350 e. The SMILES string of the molecule is CCNC(=NCC(C)(C)CO)NC(C)c1nc(C)c(C(=O)OCC)s1.I. The van der Waals surface area contributed by atoms with Crippen LogP contribution in [0.25, 0.3) is 0 Å². The number of nitrogens with one attached hydrogen (secondary N) is 2. The van der Waals surface area contributed by atoms with Crippen molar-refractivity contribution in [2.24, 2.45) is 10.4 Å². The number of aryl methyl sites for hydroxylation is 1. The van der Waals surface area contributed by atoms with Crippen LogP contribution in [0.5, 0.6) is 0 Å². The standard InChI is InChI=1S/C17H30N4O3S.HI/c1-7-18-16(19-9-17(5,6)10-22)21-12(4)14-20-11(3)13(25-14)15(23)24-8-2;/h12,22H,7-10H2,1-6H3,(H2,18,19,21);1H. The van der Waals surface area contributed by atoms with Gasteiger partial charge in [-0.15, -0.1) is 35.3 Å². The average molecular weight is 498 g/mol. The highest BCUT2D eigenvalue weighted by molar-refractivity contribution is 14.0. The molecule has 1 aromatic heterocycles. The predicted octanol–water partition coefficient (Wildman–Crippen LogP) is 2.88. The van der Waals surface area contributed by atoms with E-state index in [1.165, 1.54) is 11.3 Å². The first kappa shape index (κ1) is 25.1. The fourth-order valence-corrected chi connectivity index (χ4v) is 2.88. The van der Waals surface area contributed by atoms with Gasteiger partial charge in [-0.1, -0.05) is 13.8 Å². The van der Waals surface area contributed by atoms with Gasteiger partial charge in [0.05, 0.1) is 24.9 Å². The van der Waals surface area contributed by atoms with E-state index < -0.39 is 0 Å². The van der Waals surface area contributed by atoms with Crippen LogP contribution >= 0.6 is 35.3 Å². The first-order valence-corrected chi connectivity index (χ1v) is 9.35. The number of guanidine groups is 1. The molecule has 26 heavy (non-hydrogen) atoms. The Bertz CT molecular complexity index is 605. The van der Waals surface area contributed by atoms with Gasteiger partial charge < -0.3 is 20.5 Å². The highest BCUT2D eigenvalue weighted by atomic mass is 127. The molecule has 0 amide bonds. The number of rotatable bonds is 8. The summed E-state index contributed by atoms with van der Waals surface area (Å²) in [6.45, 7) is 13.1. The molecule has 0 spiro atoms. The van der Waals surface area contributed by atoms with Crippen LogP contribution in [0.3, 0.4) is 0 Å². The van der Waals surface area contributed by atoms with Crippen LogP contribution < -0.4 is 10.6 Å². The van der Waals surface area contributed by atoms with Crippen LogP contribution in [-0.4, -0.2) is 48.3 Å². The molecular weight excluding hydrogens is 467 g/mol. The summed E-state index contributed by atoms with van der Waals surface area (Å²) in [6.07, 6.45) is 0. The first-order valence-electron chi connectivity index (χ1n) is 8.54. The second-order valence-electron chi connectivity index (χ2n) is 6.57. The molecule has 9 heteroatoms. The van der Waals surface area contributed by atoms with Crippen molar-refractivity contribution < 1.29 is 14.6 Å². The van der Waals surface area contributed by atoms with Crippen molar-refractivity contribution in [1.82, 2.24) is 15.6 Å². The lowest BCUT2D eigenvalue weighted by Crippen LogP contribution is -2.39. The van der Waals surface area contributed by atoms with Crippen molar-refractivity contribution >= 4 is 47.2 Å². The first-order chi connectivity index (χ1) is 11.7. The zero-order chi connectivity index (χ0) is 19.0. The largest absolute Gasteiger partial charge is 0.462 e. The minimum absolute atomic E-state index is 0. The highest BCUT2D eigenvalue weighted by Crippen LogP contribution is 2.24. The normalized spacial score (nSPS) is 13.0. The van der Waals surface area contributed by atoms with E-state index in [1.807, 2.05) is 34.6 Å². The van der Waals surface area contributed by atoms with Gasteiger partial charge in [0.1, 0.15) is 9.88 Å². The van der Waals surface area contributed by atoms with E-state index in [0.717, 1.165) is 11.6 Å². The zero-order valence-corrected chi connectivity index (χ0v) is 19.5. The molecule has 7 nitrogen and oxygen atoms in total. The Kier molecular flexibility index (Phi) is 11.3. The molecule has 1 unspecified atom stereocenters. The van der Waals surface area contributed by atoms with Crippen molar-refractivity contribution in [1.29, 1.82) is 0 Å². The molecule has 0 bridgehead atoms. The zero-order valence-electron chi connectivity index (χ0n) is 16.4. The van der Waals surface area contributed by atoms with E-state index in [-0.39, 0.29) is 48.0 Å². The number of ether oxygens (including phenoxy) is 1. The van der Waals surface area contributed by atoms with Crippen molar-refractivity contribution in [3.63, 3.8) is 0 Å². The maximum atomic E-state index is 11.9. The van der Waals surface area contributed by atoms with Gasteiger partial charge in [-0.3, -0.25) is 4.99 Å². The molecule has 0 aromatic carbocycles. The van der Waals surface area contributed by atoms with Gasteiger partial charge >= 0.3 is 5.97 Å². The maximum absolute atomic E-state index is 11.9. The molecule has 1 atom stereocenters. The van der Waals surface area contributed by atoms with Crippen molar-refractivity contribution in [2.45, 2.75) is 47.6 Å². The van der Waals surface area contributed by atoms with E-state index in [9.17, 15) is 9.90 Å². The topological polar surface area (TPSA) is 95.8 Å². The lowest BCUT2D eigenvalue weighted by Gasteiger charge is -2.21. The number of aliphatic hydroxyl groups is 1. The van der Waals surface area contributed by atoms with Gasteiger partial charge in [0.2, 0.25) is 0 Å². The second kappa shape index (κ2) is 11.7. The summed E-state index contributed by atoms with van der Waals surface area (Å²) in [5, 5.41) is 16.6. The van der Waals surface area contributed by atoms with E-state index in [1.54, 1.807) is 6.92 Å². The summed E-state index contributed by atoms with van der Waals surface area (Å²) in [4.78, 5) is 21.5. The quantitative estimate of drug-likeness (QED) is 0.221. The second-order valence-corrected chi connectivity index (χ2v) is 7.60. The Morgan fingerprint density at radius 1 is 1.42 bits per heavy atom. The number of nitrogens with zero attached hydrogens (tertiary/aromatic N) is 2. The van der Waals surface area contributed by atoms with Crippen molar-refractivity contribution in [3.05, 3.63) is 15.6 Å². The molecule has 0 aliphatic carbocycles. The summed E-state index contributed by atoms with van der Waals surface area (Å²) in [5.74, 6) is 0.322. The number of carbonyl (C=O) groups is 1. The molecule has 1 heterocycles. The fraction of sp³-hybridized carbons (Fsp3) is 0.706. The third kappa shape index (κ3) is 7.75. The van der Waals surface area contributed by atoms with Crippen molar-refractivity contribution in [3.8, 4) is 0 Å². The van der Waals surface area contributed by atoms with Gasteiger partial charge in [0.15, 0.2) is 5.96 Å². The number of thiazole rings is 1. The molecule has 0 radical (unpaired) electrons. The monoisotopic (exact) mass is 498 g/mol. The third-order valence-electron chi connectivity index (χ3n) is 3.44. The molecule has 3 N–H and O–H groups in total. The summed E-state index contributed by atoms with van der Waals surface area (Å²) in [7, 11) is 0. The molecule has 1 aromatic rings. The number of hydrogen-bond acceptors (Lipinski definition) is 6. The van der Waals surface area contributed by atoms with Gasteiger partial charge in [0, 0.05) is 18.6 Å². The number of aromatic nitrogens is 1. The number of esters is 1. The van der Waals surface area contributed by atoms with Crippen LogP contribution in [0, 0.1) is 12.3 Å². The van der Waals surface area contributed by atoms with Gasteiger partial charge in [-0.05, 0) is 27.7 Å². The molecule has 0 fully saturated rings. The lowest BCUT2D eigenvalue weighted by molar-refractivity contribution is 0.0531. The molecule has 0 saturated carbocycles. The predicted molar refractivity (Wildman–Crippen MR) is 117 cm³/mol. The number of carbonyl (C=O) groups excluding carboxylic acids is 1. The number of aliphatic imine (C=N–C) groups is 1. The smallest absolute Gasteiger partial charge is 0.350 e. The van der Waals surface area contributed by atoms with Gasteiger partial charge in [0.25, 0.3) is 0 Å². The minimum atomic E-state index is -0.332. The van der Waals surface area contributed by atoms with Gasteiger partial charge in [-0.2, -0.15) is 0 Å². The minimum Gasteiger partial charge on any atom is -0.462 e. The fourth-order valence-electron chi connectivity index (χ4n) is 1.92. The third-order valence-corrected chi connectivity index (χ3v) is 4.76. The van der Waals surface area contributed by atoms with Crippen LogP contribution in [-0.2, 0) is 4.74 Å². The molecule has 150 valence electrons. The highest BCUT2D eigenvalue weighted by Gasteiger charge is 2.21. The Morgan fingerprint density at radius 3 is 2.62 bits per heavy atom. The summed E-state index contributed by atoms with van der Waals surface area (Å²) in [6, 6.07) is -0.109. The van der Waals surface area contributed by atoms with E-state index in [0.29, 0.717) is 29.7 Å². The lowest BCUT2D eigenvalue weighted by atomic mass is 9.95. The molecule has 0 aliphatic heterocycles. The van der Waals surface area contributed by atoms with Crippen LogP contribution in [0.15, 0.2) is 4.99 Å². The molecule has 0 aliphatic rings. The number of halogens is 1. The Balaban J connectivity index is 0.00000625. The van der Waals surface area contributed by atoms with E-state index in [2.05, 4.69) is 20.6 Å². The molecular formula is C17H31IN4O3S. The Morgan fingerprint density at radius 2 is 2.08 bits per heavy atom.